The highest BCUT2D eigenvalue weighted by Gasteiger charge is 2.13. The summed E-state index contributed by atoms with van der Waals surface area (Å²) in [4.78, 5) is 0. The van der Waals surface area contributed by atoms with Crippen LogP contribution in [0, 0.1) is 11.6 Å². The molecule has 2 aromatic rings. The Hall–Kier alpha value is -1.94. The minimum Gasteiger partial charge on any atom is -0.497 e. The van der Waals surface area contributed by atoms with Gasteiger partial charge >= 0.3 is 0 Å². The second-order valence-electron chi connectivity index (χ2n) is 4.37. The maximum atomic E-state index is 14.0. The molecule has 2 nitrogen and oxygen atoms in total. The van der Waals surface area contributed by atoms with Crippen molar-refractivity contribution < 1.29 is 13.5 Å². The molecule has 0 radical (unpaired) electrons. The van der Waals surface area contributed by atoms with E-state index in [1.54, 1.807) is 25.1 Å². The Balaban J connectivity index is 2.54. The number of methoxy groups -OCH3 is 1. The van der Waals surface area contributed by atoms with Crippen molar-refractivity contribution in [1.82, 2.24) is 0 Å². The molecule has 1 atom stereocenters. The van der Waals surface area contributed by atoms with Crippen molar-refractivity contribution in [2.45, 2.75) is 13.0 Å². The Labute approximate surface area is 110 Å². The van der Waals surface area contributed by atoms with Gasteiger partial charge in [-0.3, -0.25) is 0 Å². The van der Waals surface area contributed by atoms with E-state index in [4.69, 9.17) is 10.5 Å². The van der Waals surface area contributed by atoms with E-state index in [1.165, 1.54) is 25.3 Å². The molecule has 2 rings (SSSR count). The third-order valence-corrected chi connectivity index (χ3v) is 2.98. The lowest BCUT2D eigenvalue weighted by Gasteiger charge is -2.11. The van der Waals surface area contributed by atoms with E-state index in [-0.39, 0.29) is 17.2 Å². The smallest absolute Gasteiger partial charge is 0.134 e. The maximum absolute atomic E-state index is 14.0. The Morgan fingerprint density at radius 1 is 1.00 bits per heavy atom. The third kappa shape index (κ3) is 2.74. The Bertz CT molecular complexity index is 597. The summed E-state index contributed by atoms with van der Waals surface area (Å²) < 4.78 is 32.7. The van der Waals surface area contributed by atoms with Crippen molar-refractivity contribution >= 4 is 0 Å². The van der Waals surface area contributed by atoms with Crippen LogP contribution < -0.4 is 10.5 Å². The fourth-order valence-electron chi connectivity index (χ4n) is 1.87. The van der Waals surface area contributed by atoms with Crippen molar-refractivity contribution in [3.8, 4) is 16.9 Å². The number of halogens is 2. The predicted octanol–water partition coefficient (Wildman–Crippen LogP) is 3.66. The van der Waals surface area contributed by atoms with E-state index in [2.05, 4.69) is 0 Å². The molecule has 0 spiro atoms. The minimum absolute atomic E-state index is 0.195. The second kappa shape index (κ2) is 5.36. The van der Waals surface area contributed by atoms with Crippen LogP contribution in [0.3, 0.4) is 0 Å². The second-order valence-corrected chi connectivity index (χ2v) is 4.37. The Kier molecular flexibility index (Phi) is 3.81. The summed E-state index contributed by atoms with van der Waals surface area (Å²) in [6, 6.07) is 8.56. The first-order valence-corrected chi connectivity index (χ1v) is 5.92. The summed E-state index contributed by atoms with van der Waals surface area (Å²) in [5.41, 5.74) is 6.91. The molecule has 0 aliphatic carbocycles. The lowest BCUT2D eigenvalue weighted by atomic mass is 9.99. The maximum Gasteiger partial charge on any atom is 0.134 e. The fourth-order valence-corrected chi connectivity index (χ4v) is 1.87. The number of rotatable bonds is 3. The topological polar surface area (TPSA) is 35.2 Å². The zero-order chi connectivity index (χ0) is 14.0. The summed E-state index contributed by atoms with van der Waals surface area (Å²) in [5, 5.41) is 0. The molecule has 0 bridgehead atoms. The molecule has 0 saturated carbocycles. The molecule has 4 heteroatoms. The Morgan fingerprint density at radius 3 is 2.32 bits per heavy atom. The lowest BCUT2D eigenvalue weighted by Crippen LogP contribution is -2.05. The molecule has 2 aromatic carbocycles. The van der Waals surface area contributed by atoms with Gasteiger partial charge in [0.05, 0.1) is 7.11 Å². The van der Waals surface area contributed by atoms with Crippen LogP contribution in [-0.4, -0.2) is 7.11 Å². The largest absolute Gasteiger partial charge is 0.497 e. The molecule has 19 heavy (non-hydrogen) atoms. The van der Waals surface area contributed by atoms with E-state index in [0.29, 0.717) is 5.75 Å². The molecule has 1 unspecified atom stereocenters. The summed E-state index contributed by atoms with van der Waals surface area (Å²) in [6.45, 7) is 1.79. The molecule has 0 fully saturated rings. The van der Waals surface area contributed by atoms with Crippen LogP contribution in [0.5, 0.6) is 5.75 Å². The summed E-state index contributed by atoms with van der Waals surface area (Å²) in [6.07, 6.45) is 0. The first-order chi connectivity index (χ1) is 9.02. The minimum atomic E-state index is -0.528. The standard InChI is InChI=1S/C15H15F2NO/c1-9(18)10-3-6-14(16)13(7-10)12-5-4-11(19-2)8-15(12)17/h3-9H,18H2,1-2H3. The van der Waals surface area contributed by atoms with E-state index >= 15 is 0 Å². The zero-order valence-electron chi connectivity index (χ0n) is 10.8. The zero-order valence-corrected chi connectivity index (χ0v) is 10.8. The van der Waals surface area contributed by atoms with Crippen molar-refractivity contribution in [3.05, 3.63) is 53.6 Å². The molecule has 0 aromatic heterocycles. The molecule has 100 valence electrons. The average Bonchev–Trinajstić information content (AvgIpc) is 2.39. The van der Waals surface area contributed by atoms with Crippen molar-refractivity contribution in [1.29, 1.82) is 0 Å². The van der Waals surface area contributed by atoms with Gasteiger partial charge in [0, 0.05) is 23.2 Å². The highest BCUT2D eigenvalue weighted by molar-refractivity contribution is 5.66. The van der Waals surface area contributed by atoms with Gasteiger partial charge in [0.25, 0.3) is 0 Å². The van der Waals surface area contributed by atoms with Crippen LogP contribution in [-0.2, 0) is 0 Å². The lowest BCUT2D eigenvalue weighted by molar-refractivity contribution is 0.411. The molecular formula is C15H15F2NO. The summed E-state index contributed by atoms with van der Waals surface area (Å²) in [5.74, 6) is -0.612. The SMILES string of the molecule is COc1ccc(-c2cc(C(C)N)ccc2F)c(F)c1. The van der Waals surface area contributed by atoms with Crippen LogP contribution in [0.2, 0.25) is 0 Å². The molecule has 0 aliphatic heterocycles. The molecule has 0 saturated heterocycles. The van der Waals surface area contributed by atoms with E-state index in [9.17, 15) is 8.78 Å². The predicted molar refractivity (Wildman–Crippen MR) is 70.9 cm³/mol. The number of nitrogens with two attached hydrogens (primary N) is 1. The van der Waals surface area contributed by atoms with Gasteiger partial charge in [-0.1, -0.05) is 6.07 Å². The number of hydrogen-bond donors (Lipinski definition) is 1. The highest BCUT2D eigenvalue weighted by Crippen LogP contribution is 2.30. The molecule has 0 aliphatic rings. The van der Waals surface area contributed by atoms with Gasteiger partial charge in [0.2, 0.25) is 0 Å². The number of hydrogen-bond acceptors (Lipinski definition) is 2. The first kappa shape index (κ1) is 13.5. The van der Waals surface area contributed by atoms with Gasteiger partial charge < -0.3 is 10.5 Å². The third-order valence-electron chi connectivity index (χ3n) is 2.98. The monoisotopic (exact) mass is 263 g/mol. The number of benzene rings is 2. The van der Waals surface area contributed by atoms with E-state index < -0.39 is 11.6 Å². The highest BCUT2D eigenvalue weighted by atomic mass is 19.1. The van der Waals surface area contributed by atoms with Gasteiger partial charge in [0.15, 0.2) is 0 Å². The first-order valence-electron chi connectivity index (χ1n) is 5.92. The average molecular weight is 263 g/mol. The van der Waals surface area contributed by atoms with Crippen LogP contribution in [0.4, 0.5) is 8.78 Å². The summed E-state index contributed by atoms with van der Waals surface area (Å²) >= 11 is 0. The normalized spacial score (nSPS) is 12.3. The van der Waals surface area contributed by atoms with Crippen LogP contribution >= 0.6 is 0 Å². The number of ether oxygens (including phenoxy) is 1. The van der Waals surface area contributed by atoms with Crippen LogP contribution in [0.25, 0.3) is 11.1 Å². The molecular weight excluding hydrogens is 248 g/mol. The Morgan fingerprint density at radius 2 is 1.74 bits per heavy atom. The quantitative estimate of drug-likeness (QED) is 0.917. The van der Waals surface area contributed by atoms with E-state index in [0.717, 1.165) is 5.56 Å². The van der Waals surface area contributed by atoms with Crippen molar-refractivity contribution in [2.24, 2.45) is 5.73 Å². The van der Waals surface area contributed by atoms with Crippen molar-refractivity contribution in [2.75, 3.05) is 7.11 Å². The molecule has 0 heterocycles. The van der Waals surface area contributed by atoms with E-state index in [1.807, 2.05) is 0 Å². The van der Waals surface area contributed by atoms with Crippen LogP contribution in [0.15, 0.2) is 36.4 Å². The van der Waals surface area contributed by atoms with Crippen molar-refractivity contribution in [3.63, 3.8) is 0 Å². The van der Waals surface area contributed by atoms with Gasteiger partial charge in [0.1, 0.15) is 17.4 Å². The molecule has 0 amide bonds. The van der Waals surface area contributed by atoms with Gasteiger partial charge in [-0.05, 0) is 36.8 Å². The summed E-state index contributed by atoms with van der Waals surface area (Å²) in [7, 11) is 1.45. The fraction of sp³-hybridized carbons (Fsp3) is 0.200. The van der Waals surface area contributed by atoms with Gasteiger partial charge in [-0.2, -0.15) is 0 Å². The van der Waals surface area contributed by atoms with Crippen LogP contribution in [0.1, 0.15) is 18.5 Å². The van der Waals surface area contributed by atoms with Gasteiger partial charge in [-0.15, -0.1) is 0 Å². The van der Waals surface area contributed by atoms with Gasteiger partial charge in [-0.25, -0.2) is 8.78 Å². The molecule has 2 N–H and O–H groups in total.